The Morgan fingerprint density at radius 3 is 1.98 bits per heavy atom. The normalized spacial score (nSPS) is 17.2. The van der Waals surface area contributed by atoms with Crippen molar-refractivity contribution in [3.8, 4) is 0 Å². The molecule has 0 saturated heterocycles. The highest BCUT2D eigenvalue weighted by atomic mass is 16.5. The van der Waals surface area contributed by atoms with E-state index in [1.807, 2.05) is 30.4 Å². The highest BCUT2D eigenvalue weighted by Crippen LogP contribution is 2.50. The Balaban J connectivity index is 1.25. The number of carbonyl (C=O) groups is 2. The molecule has 0 spiro atoms. The van der Waals surface area contributed by atoms with E-state index >= 15 is 0 Å². The molecule has 4 aromatic rings. The van der Waals surface area contributed by atoms with Crippen LogP contribution in [-0.2, 0) is 29.9 Å². The van der Waals surface area contributed by atoms with Crippen LogP contribution in [0.5, 0.6) is 0 Å². The van der Waals surface area contributed by atoms with Crippen molar-refractivity contribution in [1.29, 1.82) is 0 Å². The second-order valence-electron chi connectivity index (χ2n) is 13.9. The van der Waals surface area contributed by atoms with Crippen LogP contribution < -0.4 is 4.90 Å². The minimum Gasteiger partial charge on any atom is -0.480 e. The lowest BCUT2D eigenvalue weighted by molar-refractivity contribution is -0.441. The van der Waals surface area contributed by atoms with Gasteiger partial charge >= 0.3 is 11.9 Å². The first kappa shape index (κ1) is 35.5. The molecule has 0 amide bonds. The van der Waals surface area contributed by atoms with Crippen molar-refractivity contribution in [1.82, 2.24) is 0 Å². The first-order valence-corrected chi connectivity index (χ1v) is 17.3. The molecule has 0 atom stereocenters. The van der Waals surface area contributed by atoms with Gasteiger partial charge in [-0.2, -0.15) is 4.58 Å². The third-order valence-corrected chi connectivity index (χ3v) is 9.83. The molecular weight excluding hydrogens is 640 g/mol. The number of aliphatic carboxylic acids is 2. The third-order valence-electron chi connectivity index (χ3n) is 9.83. The van der Waals surface area contributed by atoms with Crippen LogP contribution in [0.25, 0.3) is 21.5 Å². The standard InChI is InChI=1S/C43H44N2O6/c1-42(2)36(44(24-26-50-28-38(46)47)34-22-20-30-14-10-12-16-32(30)40(34)42)18-8-6-5-7-9-19-37-43(3,4)41-33-17-13-11-15-31(33)21-23-35(41)45(37)25-27-51-29-39(48)49/h5-23H,24-29H2,1-4H3,(H-,46,47,48,49)/p+1. The van der Waals surface area contributed by atoms with Gasteiger partial charge in [-0.1, -0.05) is 98.8 Å². The Hall–Kier alpha value is -5.31. The molecule has 2 aliphatic rings. The molecule has 2 N–H and O–H groups in total. The maximum atomic E-state index is 11.1. The van der Waals surface area contributed by atoms with Crippen LogP contribution in [0.1, 0.15) is 38.8 Å². The lowest BCUT2D eigenvalue weighted by Crippen LogP contribution is -2.29. The van der Waals surface area contributed by atoms with Gasteiger partial charge in [-0.05, 0) is 59.2 Å². The van der Waals surface area contributed by atoms with E-state index in [1.54, 1.807) is 0 Å². The van der Waals surface area contributed by atoms with Crippen molar-refractivity contribution >= 4 is 50.6 Å². The molecule has 51 heavy (non-hydrogen) atoms. The van der Waals surface area contributed by atoms with Crippen LogP contribution in [0.3, 0.4) is 0 Å². The molecular formula is C43H45N2O6+. The van der Waals surface area contributed by atoms with Gasteiger partial charge in [0, 0.05) is 41.1 Å². The maximum Gasteiger partial charge on any atom is 0.329 e. The summed E-state index contributed by atoms with van der Waals surface area (Å²) in [6.45, 7) is 9.92. The third kappa shape index (κ3) is 7.16. The molecule has 2 aliphatic heterocycles. The van der Waals surface area contributed by atoms with Gasteiger partial charge in [0.1, 0.15) is 19.8 Å². The summed E-state index contributed by atoms with van der Waals surface area (Å²) in [6.07, 6.45) is 14.4. The average Bonchev–Trinajstić information content (AvgIpc) is 3.46. The van der Waals surface area contributed by atoms with E-state index in [1.165, 1.54) is 32.7 Å². The number of hydrogen-bond donors (Lipinski definition) is 2. The minimum atomic E-state index is -0.979. The van der Waals surface area contributed by atoms with Gasteiger partial charge in [0.2, 0.25) is 5.69 Å². The fourth-order valence-corrected chi connectivity index (χ4v) is 7.67. The topological polar surface area (TPSA) is 99.3 Å². The Morgan fingerprint density at radius 2 is 1.29 bits per heavy atom. The summed E-state index contributed by atoms with van der Waals surface area (Å²) >= 11 is 0. The van der Waals surface area contributed by atoms with Gasteiger partial charge in [0.25, 0.3) is 0 Å². The zero-order valence-electron chi connectivity index (χ0n) is 29.6. The molecule has 0 saturated carbocycles. The number of carboxylic acids is 2. The van der Waals surface area contributed by atoms with Gasteiger partial charge < -0.3 is 24.6 Å². The number of benzene rings is 4. The molecule has 0 aromatic heterocycles. The Bertz CT molecular complexity index is 2140. The summed E-state index contributed by atoms with van der Waals surface area (Å²) in [6, 6.07) is 25.4. The quantitative estimate of drug-likeness (QED) is 0.0791. The number of ether oxygens (including phenoxy) is 2. The summed E-state index contributed by atoms with van der Waals surface area (Å²) in [5.41, 5.74) is 6.36. The Kier molecular flexibility index (Phi) is 10.4. The van der Waals surface area contributed by atoms with Gasteiger partial charge in [0.05, 0.1) is 12.0 Å². The molecule has 6 rings (SSSR count). The van der Waals surface area contributed by atoms with E-state index in [0.29, 0.717) is 13.1 Å². The molecule has 0 radical (unpaired) electrons. The predicted octanol–water partition coefficient (Wildman–Crippen LogP) is 7.92. The van der Waals surface area contributed by atoms with E-state index in [0.717, 1.165) is 22.8 Å². The minimum absolute atomic E-state index is 0.290. The highest BCUT2D eigenvalue weighted by Gasteiger charge is 2.45. The maximum absolute atomic E-state index is 11.1. The number of rotatable bonds is 14. The van der Waals surface area contributed by atoms with Crippen molar-refractivity contribution in [2.75, 3.05) is 44.4 Å². The van der Waals surface area contributed by atoms with E-state index < -0.39 is 11.9 Å². The SMILES string of the molecule is CC1(C)C(=CC=CC=CC=CC2=[N+](CCOCC(=O)O)c3ccc4ccccc4c3C2(C)C)N(CCOCC(=O)O)c2ccc3ccccc3c21. The fourth-order valence-electron chi connectivity index (χ4n) is 7.67. The van der Waals surface area contributed by atoms with E-state index in [9.17, 15) is 9.59 Å². The van der Waals surface area contributed by atoms with Crippen LogP contribution >= 0.6 is 0 Å². The molecule has 8 heteroatoms. The first-order chi connectivity index (χ1) is 24.5. The lowest BCUT2D eigenvalue weighted by atomic mass is 9.79. The van der Waals surface area contributed by atoms with Crippen LogP contribution in [0, 0.1) is 0 Å². The summed E-state index contributed by atoms with van der Waals surface area (Å²) in [7, 11) is 0. The van der Waals surface area contributed by atoms with Gasteiger partial charge in [0.15, 0.2) is 12.3 Å². The van der Waals surface area contributed by atoms with Crippen LogP contribution in [0.15, 0.2) is 121 Å². The largest absolute Gasteiger partial charge is 0.480 e. The van der Waals surface area contributed by atoms with Crippen molar-refractivity contribution in [3.05, 3.63) is 132 Å². The number of hydrogen-bond acceptors (Lipinski definition) is 5. The second-order valence-corrected chi connectivity index (χ2v) is 13.9. The summed E-state index contributed by atoms with van der Waals surface area (Å²) < 4.78 is 13.1. The van der Waals surface area contributed by atoms with Crippen LogP contribution in [-0.4, -0.2) is 72.0 Å². The number of nitrogens with zero attached hydrogens (tertiary/aromatic N) is 2. The summed E-state index contributed by atoms with van der Waals surface area (Å²) in [5.74, 6) is -1.96. The smallest absolute Gasteiger partial charge is 0.329 e. The van der Waals surface area contributed by atoms with Crippen molar-refractivity contribution in [3.63, 3.8) is 0 Å². The molecule has 0 bridgehead atoms. The zero-order valence-corrected chi connectivity index (χ0v) is 29.6. The van der Waals surface area contributed by atoms with Crippen molar-refractivity contribution in [2.45, 2.75) is 38.5 Å². The number of fused-ring (bicyclic) bond motifs is 6. The monoisotopic (exact) mass is 685 g/mol. The number of allylic oxidation sites excluding steroid dienone is 8. The molecule has 0 fully saturated rings. The molecule has 8 nitrogen and oxygen atoms in total. The number of anilines is 1. The molecule has 0 unspecified atom stereocenters. The van der Waals surface area contributed by atoms with Crippen LogP contribution in [0.4, 0.5) is 11.4 Å². The molecule has 2 heterocycles. The summed E-state index contributed by atoms with van der Waals surface area (Å²) in [5, 5.41) is 22.9. The summed E-state index contributed by atoms with van der Waals surface area (Å²) in [4.78, 5) is 24.4. The molecule has 4 aromatic carbocycles. The van der Waals surface area contributed by atoms with E-state index in [4.69, 9.17) is 19.7 Å². The molecule has 0 aliphatic carbocycles. The number of carboxylic acid groups (broad SMARTS) is 2. The lowest BCUT2D eigenvalue weighted by Gasteiger charge is -2.27. The predicted molar refractivity (Wildman–Crippen MR) is 204 cm³/mol. The second kappa shape index (κ2) is 14.9. The van der Waals surface area contributed by atoms with E-state index in [-0.39, 0.29) is 37.3 Å². The zero-order chi connectivity index (χ0) is 36.2. The Labute approximate surface area is 298 Å². The van der Waals surface area contributed by atoms with Crippen molar-refractivity contribution in [2.24, 2.45) is 0 Å². The fraction of sp³-hybridized carbons (Fsp3) is 0.279. The van der Waals surface area contributed by atoms with Crippen molar-refractivity contribution < 1.29 is 33.9 Å². The van der Waals surface area contributed by atoms with E-state index in [2.05, 4.69) is 122 Å². The average molecular weight is 686 g/mol. The Morgan fingerprint density at radius 1 is 0.706 bits per heavy atom. The molecule has 262 valence electrons. The van der Waals surface area contributed by atoms with Crippen LogP contribution in [0.2, 0.25) is 0 Å². The first-order valence-electron chi connectivity index (χ1n) is 17.3. The van der Waals surface area contributed by atoms with Gasteiger partial charge in [-0.3, -0.25) is 0 Å². The van der Waals surface area contributed by atoms with Gasteiger partial charge in [-0.25, -0.2) is 9.59 Å². The van der Waals surface area contributed by atoms with Gasteiger partial charge in [-0.15, -0.1) is 0 Å². The highest BCUT2D eigenvalue weighted by molar-refractivity contribution is 6.07.